The summed E-state index contributed by atoms with van der Waals surface area (Å²) in [6, 6.07) is 7.90. The van der Waals surface area contributed by atoms with E-state index < -0.39 is 5.91 Å². The molecule has 150 valence electrons. The lowest BCUT2D eigenvalue weighted by Gasteiger charge is -2.20. The summed E-state index contributed by atoms with van der Waals surface area (Å²) in [7, 11) is 0. The van der Waals surface area contributed by atoms with E-state index >= 15 is 0 Å². The molecule has 2 heterocycles. The summed E-state index contributed by atoms with van der Waals surface area (Å²) in [6.07, 6.45) is 1.93. The van der Waals surface area contributed by atoms with Crippen LogP contribution in [0.15, 0.2) is 36.5 Å². The third kappa shape index (κ3) is 4.51. The Bertz CT molecular complexity index is 1090. The van der Waals surface area contributed by atoms with Gasteiger partial charge in [-0.25, -0.2) is 20.5 Å². The Morgan fingerprint density at radius 2 is 2.10 bits per heavy atom. The fourth-order valence-electron chi connectivity index (χ4n) is 2.60. The fraction of sp³-hybridized carbons (Fsp3) is 0.0588. The zero-order valence-corrected chi connectivity index (χ0v) is 18.3. The van der Waals surface area contributed by atoms with Gasteiger partial charge in [-0.2, -0.15) is 5.10 Å². The normalized spacial score (nSPS) is 10.7. The second-order valence-corrected chi connectivity index (χ2v) is 7.65. The van der Waals surface area contributed by atoms with Crippen molar-refractivity contribution in [3.63, 3.8) is 0 Å². The second-order valence-electron chi connectivity index (χ2n) is 5.70. The highest BCUT2D eigenvalue weighted by Crippen LogP contribution is 2.32. The number of rotatable bonds is 6. The van der Waals surface area contributed by atoms with Gasteiger partial charge in [0, 0.05) is 23.8 Å². The number of carbonyl (C=O) groups excluding carboxylic acids is 2. The number of hydrazine groups is 1. The highest BCUT2D eigenvalue weighted by Gasteiger charge is 2.22. The summed E-state index contributed by atoms with van der Waals surface area (Å²) >= 11 is 14.3. The van der Waals surface area contributed by atoms with Crippen LogP contribution in [0.5, 0.6) is 0 Å². The molecule has 1 aromatic carbocycles. The predicted octanol–water partition coefficient (Wildman–Crippen LogP) is 2.73. The molecule has 0 fully saturated rings. The van der Waals surface area contributed by atoms with E-state index in [1.54, 1.807) is 24.3 Å². The Morgan fingerprint density at radius 1 is 1.34 bits per heavy atom. The highest BCUT2D eigenvalue weighted by molar-refractivity contribution is 14.1. The number of hydrogen-bond acceptors (Lipinski definition) is 6. The molecule has 0 saturated heterocycles. The summed E-state index contributed by atoms with van der Waals surface area (Å²) in [6.45, 7) is 0.0543. The summed E-state index contributed by atoms with van der Waals surface area (Å²) in [5, 5.41) is 8.47. The topological polar surface area (TPSA) is 132 Å². The smallest absolute Gasteiger partial charge is 0.274 e. The molecular formula is C17H14Cl2IN7O2. The van der Waals surface area contributed by atoms with Crippen LogP contribution in [0.3, 0.4) is 0 Å². The highest BCUT2D eigenvalue weighted by atomic mass is 127. The third-order valence-corrected chi connectivity index (χ3v) is 4.91. The van der Waals surface area contributed by atoms with Gasteiger partial charge in [0.05, 0.1) is 16.4 Å². The van der Waals surface area contributed by atoms with Crippen molar-refractivity contribution in [3.8, 4) is 5.82 Å². The monoisotopic (exact) mass is 545 g/mol. The molecular weight excluding hydrogens is 532 g/mol. The number of aromatic nitrogens is 3. The molecule has 3 rings (SSSR count). The van der Waals surface area contributed by atoms with E-state index in [1.807, 2.05) is 22.6 Å². The Morgan fingerprint density at radius 3 is 2.76 bits per heavy atom. The Hall–Kier alpha value is -2.25. The molecule has 2 amide bonds. The molecule has 12 heteroatoms. The number of pyridine rings is 1. The van der Waals surface area contributed by atoms with Gasteiger partial charge in [0.1, 0.15) is 9.39 Å². The zero-order valence-electron chi connectivity index (χ0n) is 14.6. The van der Waals surface area contributed by atoms with E-state index in [-0.39, 0.29) is 23.6 Å². The zero-order chi connectivity index (χ0) is 21.1. The quantitative estimate of drug-likeness (QED) is 0.143. The van der Waals surface area contributed by atoms with Gasteiger partial charge in [0.25, 0.3) is 5.91 Å². The molecule has 2 aromatic heterocycles. The van der Waals surface area contributed by atoms with Crippen molar-refractivity contribution in [2.75, 3.05) is 10.3 Å². The lowest BCUT2D eigenvalue weighted by Crippen LogP contribution is -2.31. The van der Waals surface area contributed by atoms with E-state index in [0.717, 1.165) is 5.01 Å². The number of nitrogens with zero attached hydrogens (tertiary/aromatic N) is 4. The van der Waals surface area contributed by atoms with Crippen molar-refractivity contribution in [2.24, 2.45) is 11.6 Å². The maximum Gasteiger partial charge on any atom is 0.274 e. The average molecular weight is 546 g/mol. The van der Waals surface area contributed by atoms with Gasteiger partial charge in [-0.1, -0.05) is 23.2 Å². The number of nitrogens with one attached hydrogen (secondary N) is 1. The van der Waals surface area contributed by atoms with E-state index in [0.29, 0.717) is 31.5 Å². The Kier molecular flexibility index (Phi) is 6.70. The van der Waals surface area contributed by atoms with Crippen LogP contribution in [0.1, 0.15) is 16.1 Å². The number of benzene rings is 1. The standard InChI is InChI=1S/C17H14Cl2IN7O2/c18-10-4-9(7-21)15(12(5-10)26(22)8-28)24-17(29)13-6-14(20)25-27(13)16-11(19)2-1-3-23-16/h1-6,8H,7,21-22H2,(H,24,29). The maximum absolute atomic E-state index is 13.1. The second kappa shape index (κ2) is 9.05. The van der Waals surface area contributed by atoms with Crippen molar-refractivity contribution in [1.82, 2.24) is 14.8 Å². The third-order valence-electron chi connectivity index (χ3n) is 3.87. The Labute approximate surface area is 189 Å². The van der Waals surface area contributed by atoms with E-state index in [4.69, 9.17) is 34.8 Å². The van der Waals surface area contributed by atoms with Gasteiger partial charge >= 0.3 is 0 Å². The minimum absolute atomic E-state index is 0.0543. The SMILES string of the molecule is NCc1cc(Cl)cc(N(N)C=O)c1NC(=O)c1cc(I)nn1-c1ncccc1Cl. The van der Waals surface area contributed by atoms with Gasteiger partial charge in [0.2, 0.25) is 6.41 Å². The molecule has 0 unspecified atom stereocenters. The number of amides is 2. The molecule has 0 radical (unpaired) electrons. The molecule has 5 N–H and O–H groups in total. The molecule has 3 aromatic rings. The van der Waals surface area contributed by atoms with Crippen LogP contribution in [0, 0.1) is 3.70 Å². The first-order valence-corrected chi connectivity index (χ1v) is 9.88. The van der Waals surface area contributed by atoms with Crippen LogP contribution in [0.25, 0.3) is 5.82 Å². The van der Waals surface area contributed by atoms with Crippen LogP contribution < -0.4 is 21.9 Å². The van der Waals surface area contributed by atoms with Crippen LogP contribution in [-0.4, -0.2) is 27.1 Å². The van der Waals surface area contributed by atoms with Crippen molar-refractivity contribution in [1.29, 1.82) is 0 Å². The van der Waals surface area contributed by atoms with E-state index in [1.165, 1.54) is 16.9 Å². The molecule has 0 aliphatic carbocycles. The van der Waals surface area contributed by atoms with Crippen molar-refractivity contribution >= 4 is 69.5 Å². The molecule has 0 aliphatic rings. The van der Waals surface area contributed by atoms with Gasteiger partial charge in [-0.15, -0.1) is 0 Å². The van der Waals surface area contributed by atoms with Crippen molar-refractivity contribution in [3.05, 3.63) is 61.5 Å². The number of nitrogens with two attached hydrogens (primary N) is 2. The molecule has 29 heavy (non-hydrogen) atoms. The van der Waals surface area contributed by atoms with Crippen molar-refractivity contribution < 1.29 is 9.59 Å². The lowest BCUT2D eigenvalue weighted by atomic mass is 10.1. The molecule has 0 bridgehead atoms. The predicted molar refractivity (Wildman–Crippen MR) is 119 cm³/mol. The number of hydrogen-bond donors (Lipinski definition) is 3. The summed E-state index contributed by atoms with van der Waals surface area (Å²) < 4.78 is 1.88. The van der Waals surface area contributed by atoms with Crippen LogP contribution in [-0.2, 0) is 11.3 Å². The largest absolute Gasteiger partial charge is 0.326 e. The summed E-state index contributed by atoms with van der Waals surface area (Å²) in [4.78, 5) is 28.5. The molecule has 0 atom stereocenters. The number of anilines is 2. The van der Waals surface area contributed by atoms with E-state index in [9.17, 15) is 9.59 Å². The first kappa shape index (κ1) is 21.5. The molecule has 0 saturated carbocycles. The van der Waals surface area contributed by atoms with Crippen LogP contribution in [0.4, 0.5) is 11.4 Å². The van der Waals surface area contributed by atoms with Gasteiger partial charge in [0.15, 0.2) is 5.82 Å². The molecule has 0 spiro atoms. The minimum atomic E-state index is -0.528. The fourth-order valence-corrected chi connectivity index (χ4v) is 3.55. The van der Waals surface area contributed by atoms with Crippen LogP contribution >= 0.6 is 45.8 Å². The first-order chi connectivity index (χ1) is 13.8. The van der Waals surface area contributed by atoms with Gasteiger partial charge in [-0.05, 0) is 52.4 Å². The first-order valence-electron chi connectivity index (χ1n) is 8.05. The van der Waals surface area contributed by atoms with E-state index in [2.05, 4.69) is 15.4 Å². The summed E-state index contributed by atoms with van der Waals surface area (Å²) in [5.41, 5.74) is 6.90. The molecule has 0 aliphatic heterocycles. The average Bonchev–Trinajstić information content (AvgIpc) is 3.10. The van der Waals surface area contributed by atoms with Crippen molar-refractivity contribution in [2.45, 2.75) is 6.54 Å². The Balaban J connectivity index is 2.07. The van der Waals surface area contributed by atoms with Gasteiger partial charge < -0.3 is 11.1 Å². The minimum Gasteiger partial charge on any atom is -0.326 e. The number of halogens is 3. The number of carbonyl (C=O) groups is 2. The maximum atomic E-state index is 13.1. The van der Waals surface area contributed by atoms with Crippen LogP contribution in [0.2, 0.25) is 10.0 Å². The molecule has 9 nitrogen and oxygen atoms in total. The van der Waals surface area contributed by atoms with Gasteiger partial charge in [-0.3, -0.25) is 9.59 Å². The lowest BCUT2D eigenvalue weighted by molar-refractivity contribution is -0.107. The summed E-state index contributed by atoms with van der Waals surface area (Å²) in [5.74, 6) is 5.48.